The molecule has 0 fully saturated rings. The Morgan fingerprint density at radius 1 is 1.00 bits per heavy atom. The lowest BCUT2D eigenvalue weighted by atomic mass is 10.1. The molecule has 9 nitrogen and oxygen atoms in total. The molecule has 3 rings (SSSR count). The lowest BCUT2D eigenvalue weighted by molar-refractivity contribution is -0.140. The van der Waals surface area contributed by atoms with E-state index in [0.717, 1.165) is 21.4 Å². The van der Waals surface area contributed by atoms with Gasteiger partial charge in [-0.25, -0.2) is 8.78 Å². The number of rotatable bonds is 12. The minimum atomic E-state index is -1.89. The lowest BCUT2D eigenvalue weighted by Gasteiger charge is -2.17. The molecule has 38 heavy (non-hydrogen) atoms. The van der Waals surface area contributed by atoms with Gasteiger partial charge in [-0.05, 0) is 36.2 Å². The van der Waals surface area contributed by atoms with Crippen LogP contribution in [0.3, 0.4) is 0 Å². The molecule has 1 atom stereocenters. The van der Waals surface area contributed by atoms with E-state index in [2.05, 4.69) is 14.8 Å². The molecule has 0 radical (unpaired) electrons. The van der Waals surface area contributed by atoms with Gasteiger partial charge in [0.2, 0.25) is 17.5 Å². The third kappa shape index (κ3) is 7.35. The van der Waals surface area contributed by atoms with Crippen LogP contribution in [0, 0.1) is 23.3 Å². The molecule has 0 saturated heterocycles. The highest BCUT2D eigenvalue weighted by molar-refractivity contribution is 8.00. The zero-order chi connectivity index (χ0) is 27.8. The van der Waals surface area contributed by atoms with Crippen LogP contribution in [0.5, 0.6) is 5.75 Å². The largest absolute Gasteiger partial charge is 0.481 e. The first-order valence-electron chi connectivity index (χ1n) is 10.7. The van der Waals surface area contributed by atoms with Crippen molar-refractivity contribution >= 4 is 35.3 Å². The molecule has 0 bridgehead atoms. The predicted molar refractivity (Wildman–Crippen MR) is 128 cm³/mol. The number of nitrogens with zero attached hydrogens (tertiary/aromatic N) is 1. The summed E-state index contributed by atoms with van der Waals surface area (Å²) >= 11 is 1.16. The summed E-state index contributed by atoms with van der Waals surface area (Å²) in [6, 6.07) is 10.2. The van der Waals surface area contributed by atoms with E-state index < -0.39 is 77.9 Å². The highest BCUT2D eigenvalue weighted by Gasteiger charge is 2.27. The number of aromatic nitrogens is 1. The number of hydrogen-bond donors (Lipinski definition) is 3. The Hall–Kier alpha value is -4.33. The van der Waals surface area contributed by atoms with Crippen molar-refractivity contribution in [3.8, 4) is 5.75 Å². The Bertz CT molecular complexity index is 1380. The minimum absolute atomic E-state index is 0.0559. The highest BCUT2D eigenvalue weighted by Crippen LogP contribution is 2.26. The second-order valence-electron chi connectivity index (χ2n) is 7.64. The van der Waals surface area contributed by atoms with Gasteiger partial charge in [0.1, 0.15) is 24.9 Å². The fourth-order valence-corrected chi connectivity index (χ4v) is 3.75. The van der Waals surface area contributed by atoms with Crippen LogP contribution >= 0.6 is 11.9 Å². The summed E-state index contributed by atoms with van der Waals surface area (Å²) in [5.74, 6) is -12.5. The summed E-state index contributed by atoms with van der Waals surface area (Å²) in [6.45, 7) is -1.82. The van der Waals surface area contributed by atoms with E-state index in [0.29, 0.717) is 0 Å². The van der Waals surface area contributed by atoms with Crippen molar-refractivity contribution in [2.24, 2.45) is 0 Å². The molecular formula is C24H19F4N3O6S. The van der Waals surface area contributed by atoms with Crippen molar-refractivity contribution in [3.05, 3.63) is 88.4 Å². The monoisotopic (exact) mass is 553 g/mol. The molecule has 200 valence electrons. The van der Waals surface area contributed by atoms with Crippen LogP contribution in [0.25, 0.3) is 0 Å². The number of amides is 1. The van der Waals surface area contributed by atoms with Crippen molar-refractivity contribution in [1.29, 1.82) is 0 Å². The van der Waals surface area contributed by atoms with Crippen LogP contribution in [0.4, 0.5) is 23.2 Å². The molecule has 3 aromatic rings. The normalized spacial score (nSPS) is 11.5. The molecule has 1 unspecified atom stereocenters. The molecule has 1 amide bonds. The van der Waals surface area contributed by atoms with E-state index >= 15 is 0 Å². The van der Waals surface area contributed by atoms with Crippen LogP contribution in [-0.4, -0.2) is 40.0 Å². The number of carboxylic acid groups (broad SMARTS) is 1. The summed E-state index contributed by atoms with van der Waals surface area (Å²) in [6.07, 6.45) is 0.349. The molecule has 0 saturated carbocycles. The first kappa shape index (κ1) is 28.2. The molecular weight excluding hydrogens is 534 g/mol. The Balaban J connectivity index is 1.67. The van der Waals surface area contributed by atoms with E-state index in [4.69, 9.17) is 5.11 Å². The van der Waals surface area contributed by atoms with Crippen LogP contribution < -0.4 is 20.3 Å². The molecule has 14 heteroatoms. The SMILES string of the molecule is O=C(O)CC(NC(=O)Cn1cccc(NSc2ccccc2)c1=O)C(=O)COc1c(F)c(F)cc(F)c1F. The number of anilines is 1. The van der Waals surface area contributed by atoms with E-state index in [9.17, 15) is 36.7 Å². The van der Waals surface area contributed by atoms with Crippen molar-refractivity contribution in [2.45, 2.75) is 23.9 Å². The Morgan fingerprint density at radius 2 is 1.66 bits per heavy atom. The first-order chi connectivity index (χ1) is 18.1. The van der Waals surface area contributed by atoms with Gasteiger partial charge in [-0.1, -0.05) is 18.2 Å². The summed E-state index contributed by atoms with van der Waals surface area (Å²) in [4.78, 5) is 49.7. The average molecular weight is 553 g/mol. The van der Waals surface area contributed by atoms with E-state index in [1.54, 1.807) is 12.1 Å². The third-order valence-corrected chi connectivity index (χ3v) is 5.72. The van der Waals surface area contributed by atoms with Crippen LogP contribution in [0.1, 0.15) is 6.42 Å². The summed E-state index contributed by atoms with van der Waals surface area (Å²) in [5.41, 5.74) is -0.443. The number of aliphatic carboxylic acids is 1. The quantitative estimate of drug-likeness (QED) is 0.178. The molecule has 0 aliphatic heterocycles. The highest BCUT2D eigenvalue weighted by atomic mass is 32.2. The van der Waals surface area contributed by atoms with E-state index in [1.165, 1.54) is 18.3 Å². The van der Waals surface area contributed by atoms with Gasteiger partial charge in [0.05, 0.1) is 6.42 Å². The number of ketones is 1. The third-order valence-electron chi connectivity index (χ3n) is 4.89. The standard InChI is InChI=1S/C24H19F4N3O6S/c25-14-9-15(26)22(28)23(21(14)27)37-12-18(32)17(10-20(34)35)29-19(33)11-31-8-4-7-16(24(31)36)30-38-13-5-2-1-3-6-13/h1-9,17,30H,10-12H2,(H,29,33)(H,34,35). The summed E-state index contributed by atoms with van der Waals surface area (Å²) in [5, 5.41) is 11.2. The maximum absolute atomic E-state index is 13.8. The average Bonchev–Trinajstić information content (AvgIpc) is 2.88. The van der Waals surface area contributed by atoms with E-state index in [1.807, 2.05) is 18.2 Å². The fourth-order valence-electron chi connectivity index (χ4n) is 3.08. The number of carbonyl (C=O) groups is 3. The number of benzene rings is 2. The number of hydrogen-bond acceptors (Lipinski definition) is 7. The predicted octanol–water partition coefficient (Wildman–Crippen LogP) is 3.13. The number of ether oxygens (including phenoxy) is 1. The van der Waals surface area contributed by atoms with Gasteiger partial charge in [0.25, 0.3) is 5.56 Å². The lowest BCUT2D eigenvalue weighted by Crippen LogP contribution is -2.46. The van der Waals surface area contributed by atoms with Crippen molar-refractivity contribution in [1.82, 2.24) is 9.88 Å². The van der Waals surface area contributed by atoms with Gasteiger partial charge in [0.15, 0.2) is 23.2 Å². The smallest absolute Gasteiger partial charge is 0.305 e. The summed E-state index contributed by atoms with van der Waals surface area (Å²) < 4.78 is 62.6. The second kappa shape index (κ2) is 12.8. The Labute approximate surface area is 216 Å². The maximum atomic E-state index is 13.8. The van der Waals surface area contributed by atoms with Crippen LogP contribution in [0.15, 0.2) is 64.4 Å². The number of halogens is 4. The maximum Gasteiger partial charge on any atom is 0.305 e. The van der Waals surface area contributed by atoms with Gasteiger partial charge >= 0.3 is 5.97 Å². The minimum Gasteiger partial charge on any atom is -0.481 e. The zero-order valence-corrected chi connectivity index (χ0v) is 20.1. The molecule has 1 heterocycles. The second-order valence-corrected chi connectivity index (χ2v) is 8.52. The van der Waals surface area contributed by atoms with Crippen LogP contribution in [0.2, 0.25) is 0 Å². The number of Topliss-reactive ketones (excluding diaryl/α,β-unsaturated/α-hetero) is 1. The van der Waals surface area contributed by atoms with Gasteiger partial charge in [0, 0.05) is 17.2 Å². The number of carbonyl (C=O) groups excluding carboxylic acids is 2. The van der Waals surface area contributed by atoms with Crippen molar-refractivity contribution < 1.29 is 41.8 Å². The fraction of sp³-hybridized carbons (Fsp3) is 0.167. The van der Waals surface area contributed by atoms with Gasteiger partial charge in [-0.15, -0.1) is 0 Å². The molecule has 0 spiro atoms. The Morgan fingerprint density at radius 3 is 2.29 bits per heavy atom. The summed E-state index contributed by atoms with van der Waals surface area (Å²) in [7, 11) is 0. The molecule has 0 aliphatic carbocycles. The molecule has 0 aliphatic rings. The van der Waals surface area contributed by atoms with Crippen LogP contribution in [-0.2, 0) is 20.9 Å². The van der Waals surface area contributed by atoms with Gasteiger partial charge < -0.3 is 24.4 Å². The molecule has 1 aromatic heterocycles. The number of nitrogens with one attached hydrogen (secondary N) is 2. The Kier molecular flexibility index (Phi) is 9.49. The van der Waals surface area contributed by atoms with Gasteiger partial charge in [-0.3, -0.25) is 19.2 Å². The van der Waals surface area contributed by atoms with Crippen molar-refractivity contribution in [2.75, 3.05) is 11.3 Å². The van der Waals surface area contributed by atoms with Crippen molar-refractivity contribution in [3.63, 3.8) is 0 Å². The number of carboxylic acids is 1. The van der Waals surface area contributed by atoms with E-state index in [-0.39, 0.29) is 11.8 Å². The van der Waals surface area contributed by atoms with Gasteiger partial charge in [-0.2, -0.15) is 8.78 Å². The number of pyridine rings is 1. The first-order valence-corrected chi connectivity index (χ1v) is 11.6. The molecule has 3 N–H and O–H groups in total. The molecule has 2 aromatic carbocycles. The zero-order valence-electron chi connectivity index (χ0n) is 19.3. The topological polar surface area (TPSA) is 127 Å².